The third-order valence-corrected chi connectivity index (χ3v) is 6.38. The zero-order valence-corrected chi connectivity index (χ0v) is 14.5. The molecule has 1 radical (unpaired) electrons. The summed E-state index contributed by atoms with van der Waals surface area (Å²) in [5.41, 5.74) is 8.84. The summed E-state index contributed by atoms with van der Waals surface area (Å²) in [7, 11) is -0.481. The Labute approximate surface area is 134 Å². The molecule has 0 heterocycles. The lowest BCUT2D eigenvalue weighted by molar-refractivity contribution is 1.10. The molecule has 0 saturated carbocycles. The minimum atomic E-state index is -0.481. The third kappa shape index (κ3) is 2.12. The molecule has 0 fully saturated rings. The Morgan fingerprint density at radius 2 is 1.82 bits per heavy atom. The monoisotopic (exact) mass is 301 g/mol. The summed E-state index contributed by atoms with van der Waals surface area (Å²) in [5, 5.41) is 1.60. The van der Waals surface area contributed by atoms with Crippen molar-refractivity contribution in [2.45, 2.75) is 32.4 Å². The Balaban J connectivity index is 1.89. The number of fused-ring (bicyclic) bond motifs is 3. The number of hydrogen-bond donors (Lipinski definition) is 0. The molecule has 22 heavy (non-hydrogen) atoms. The smallest absolute Gasteiger partial charge is 0.0730 e. The van der Waals surface area contributed by atoms with Gasteiger partial charge >= 0.3 is 0 Å². The average molecular weight is 301 g/mol. The first-order valence-corrected chi connectivity index (χ1v) is 10.6. The average Bonchev–Trinajstić information content (AvgIpc) is 3.08. The summed E-state index contributed by atoms with van der Waals surface area (Å²) in [5.74, 6) is 0.476. The zero-order valence-electron chi connectivity index (χ0n) is 13.5. The highest BCUT2D eigenvalue weighted by atomic mass is 28.3. The zero-order chi connectivity index (χ0) is 15.3. The molecule has 2 aromatic carbocycles. The van der Waals surface area contributed by atoms with Gasteiger partial charge in [-0.1, -0.05) is 78.5 Å². The number of hydrogen-bond acceptors (Lipinski definition) is 0. The standard InChI is InChI=1S/C21H21Si/c1-14-8-9-16(10-14)20-12-17-11-15-6-4-5-7-18(15)19(17)13-21(20)22(2)3/h4-10,12-13,16H,11H2,1-3H3. The van der Waals surface area contributed by atoms with Crippen LogP contribution in [0.5, 0.6) is 0 Å². The summed E-state index contributed by atoms with van der Waals surface area (Å²) in [4.78, 5) is 0. The van der Waals surface area contributed by atoms with Gasteiger partial charge in [-0.2, -0.15) is 0 Å². The van der Waals surface area contributed by atoms with Crippen LogP contribution < -0.4 is 5.19 Å². The largest absolute Gasteiger partial charge is 0.0796 e. The molecule has 0 amide bonds. The lowest BCUT2D eigenvalue weighted by Crippen LogP contribution is -2.28. The van der Waals surface area contributed by atoms with Gasteiger partial charge in [-0.25, -0.2) is 0 Å². The Bertz CT molecular complexity index is 809. The van der Waals surface area contributed by atoms with E-state index in [4.69, 9.17) is 0 Å². The highest BCUT2D eigenvalue weighted by molar-refractivity contribution is 6.71. The van der Waals surface area contributed by atoms with Crippen LogP contribution in [0.1, 0.15) is 29.5 Å². The number of rotatable bonds is 2. The highest BCUT2D eigenvalue weighted by Crippen LogP contribution is 2.38. The van der Waals surface area contributed by atoms with Gasteiger partial charge in [0.05, 0.1) is 8.80 Å². The predicted molar refractivity (Wildman–Crippen MR) is 97.4 cm³/mol. The second kappa shape index (κ2) is 5.10. The molecule has 0 bridgehead atoms. The Morgan fingerprint density at radius 3 is 2.55 bits per heavy atom. The van der Waals surface area contributed by atoms with Crippen LogP contribution in [0, 0.1) is 0 Å². The fourth-order valence-electron chi connectivity index (χ4n) is 3.75. The number of allylic oxidation sites excluding steroid dienone is 4. The fourth-order valence-corrected chi connectivity index (χ4v) is 5.00. The Kier molecular flexibility index (Phi) is 3.19. The first-order valence-electron chi connectivity index (χ1n) is 8.06. The third-order valence-electron chi connectivity index (χ3n) is 4.87. The van der Waals surface area contributed by atoms with E-state index in [2.05, 4.69) is 74.6 Å². The minimum absolute atomic E-state index is 0.476. The van der Waals surface area contributed by atoms with Crippen molar-refractivity contribution in [2.24, 2.45) is 0 Å². The summed E-state index contributed by atoms with van der Waals surface area (Å²) in [6.45, 7) is 7.02. The van der Waals surface area contributed by atoms with Crippen molar-refractivity contribution in [1.82, 2.24) is 0 Å². The van der Waals surface area contributed by atoms with Crippen molar-refractivity contribution in [1.29, 1.82) is 0 Å². The van der Waals surface area contributed by atoms with Gasteiger partial charge in [0.25, 0.3) is 0 Å². The normalized spacial score (nSPS) is 18.5. The molecular weight excluding hydrogens is 280 g/mol. The van der Waals surface area contributed by atoms with Crippen LogP contribution in [0.4, 0.5) is 0 Å². The van der Waals surface area contributed by atoms with Crippen LogP contribution in [0.3, 0.4) is 0 Å². The fraction of sp³-hybridized carbons (Fsp3) is 0.238. The SMILES string of the molecule is CC1=CC(c2cc3c(cc2[Si](C)C)-c2ccccc2C3)C=C1. The van der Waals surface area contributed by atoms with Crippen molar-refractivity contribution in [3.8, 4) is 11.1 Å². The maximum absolute atomic E-state index is 2.50. The van der Waals surface area contributed by atoms with Gasteiger partial charge in [0.15, 0.2) is 0 Å². The van der Waals surface area contributed by atoms with Gasteiger partial charge < -0.3 is 0 Å². The molecule has 0 nitrogen and oxygen atoms in total. The lowest BCUT2D eigenvalue weighted by atomic mass is 9.95. The predicted octanol–water partition coefficient (Wildman–Crippen LogP) is 4.82. The molecule has 109 valence electrons. The second-order valence-corrected chi connectivity index (χ2v) is 9.26. The van der Waals surface area contributed by atoms with Crippen LogP contribution in [0.25, 0.3) is 11.1 Å². The van der Waals surface area contributed by atoms with Crippen molar-refractivity contribution < 1.29 is 0 Å². The van der Waals surface area contributed by atoms with Crippen LogP contribution in [-0.2, 0) is 6.42 Å². The summed E-state index contributed by atoms with van der Waals surface area (Å²) in [6, 6.07) is 13.9. The molecule has 1 heteroatoms. The molecule has 4 rings (SSSR count). The topological polar surface area (TPSA) is 0 Å². The van der Waals surface area contributed by atoms with E-state index >= 15 is 0 Å². The molecule has 0 saturated heterocycles. The maximum atomic E-state index is 2.50. The first-order chi connectivity index (χ1) is 10.6. The molecule has 1 atom stereocenters. The van der Waals surface area contributed by atoms with E-state index in [0.29, 0.717) is 5.92 Å². The van der Waals surface area contributed by atoms with Crippen molar-refractivity contribution in [3.63, 3.8) is 0 Å². The summed E-state index contributed by atoms with van der Waals surface area (Å²) >= 11 is 0. The quantitative estimate of drug-likeness (QED) is 0.595. The Hall–Kier alpha value is -1.86. The Morgan fingerprint density at radius 1 is 1.00 bits per heavy atom. The lowest BCUT2D eigenvalue weighted by Gasteiger charge is -2.18. The van der Waals surface area contributed by atoms with E-state index in [9.17, 15) is 0 Å². The molecule has 2 aromatic rings. The molecule has 1 unspecified atom stereocenters. The van der Waals surface area contributed by atoms with E-state index < -0.39 is 8.80 Å². The molecule has 2 aliphatic carbocycles. The highest BCUT2D eigenvalue weighted by Gasteiger charge is 2.24. The van der Waals surface area contributed by atoms with Crippen LogP contribution in [0.2, 0.25) is 13.1 Å². The van der Waals surface area contributed by atoms with Crippen LogP contribution >= 0.6 is 0 Å². The van der Waals surface area contributed by atoms with Gasteiger partial charge in [-0.05, 0) is 41.2 Å². The second-order valence-electron chi connectivity index (χ2n) is 6.73. The van der Waals surface area contributed by atoms with E-state index in [-0.39, 0.29) is 0 Å². The molecule has 0 N–H and O–H groups in total. The molecular formula is C21H21Si. The van der Waals surface area contributed by atoms with E-state index in [0.717, 1.165) is 6.42 Å². The van der Waals surface area contributed by atoms with Gasteiger partial charge in [0, 0.05) is 5.92 Å². The van der Waals surface area contributed by atoms with Crippen molar-refractivity contribution in [3.05, 3.63) is 76.9 Å². The summed E-state index contributed by atoms with van der Waals surface area (Å²) < 4.78 is 0. The first kappa shape index (κ1) is 13.8. The van der Waals surface area contributed by atoms with Gasteiger partial charge in [0.2, 0.25) is 0 Å². The number of benzene rings is 2. The van der Waals surface area contributed by atoms with Gasteiger partial charge in [-0.15, -0.1) is 0 Å². The van der Waals surface area contributed by atoms with Crippen molar-refractivity contribution in [2.75, 3.05) is 0 Å². The van der Waals surface area contributed by atoms with E-state index in [1.54, 1.807) is 10.8 Å². The van der Waals surface area contributed by atoms with E-state index in [1.165, 1.54) is 27.8 Å². The van der Waals surface area contributed by atoms with Crippen molar-refractivity contribution >= 4 is 14.0 Å². The maximum Gasteiger partial charge on any atom is 0.0796 e. The van der Waals surface area contributed by atoms with Crippen LogP contribution in [0.15, 0.2) is 60.2 Å². The molecule has 0 spiro atoms. The minimum Gasteiger partial charge on any atom is -0.0730 e. The van der Waals surface area contributed by atoms with Crippen LogP contribution in [-0.4, -0.2) is 8.80 Å². The summed E-state index contributed by atoms with van der Waals surface area (Å²) in [6.07, 6.45) is 8.10. The van der Waals surface area contributed by atoms with E-state index in [1.807, 2.05) is 0 Å². The molecule has 0 aromatic heterocycles. The van der Waals surface area contributed by atoms with Gasteiger partial charge in [0.1, 0.15) is 0 Å². The molecule has 2 aliphatic rings. The molecule has 0 aliphatic heterocycles. The van der Waals surface area contributed by atoms with Gasteiger partial charge in [-0.3, -0.25) is 0 Å².